The molecule has 0 radical (unpaired) electrons. The number of unbranched alkanes of at least 4 members (excludes halogenated alkanes) is 13. The van der Waals surface area contributed by atoms with E-state index < -0.39 is 0 Å². The summed E-state index contributed by atoms with van der Waals surface area (Å²) < 4.78 is 0. The van der Waals surface area contributed by atoms with Gasteiger partial charge >= 0.3 is 0 Å². The fourth-order valence-electron chi connectivity index (χ4n) is 3.29. The highest BCUT2D eigenvalue weighted by atomic mass is 35.5. The van der Waals surface area contributed by atoms with Crippen LogP contribution >= 0.6 is 12.4 Å². The molecule has 0 bridgehead atoms. The van der Waals surface area contributed by atoms with Crippen LogP contribution < -0.4 is 0 Å². The van der Waals surface area contributed by atoms with Crippen LogP contribution in [-0.2, 0) is 0 Å². The first-order valence-corrected chi connectivity index (χ1v) is 10.4. The number of halogens is 1. The van der Waals surface area contributed by atoms with Gasteiger partial charge < -0.3 is 4.90 Å². The Labute approximate surface area is 158 Å². The van der Waals surface area contributed by atoms with Crippen LogP contribution in [0, 0.1) is 0 Å². The number of hydrogen-bond acceptors (Lipinski definition) is 1. The third-order valence-corrected chi connectivity index (χ3v) is 4.99. The molecule has 0 amide bonds. The van der Waals surface area contributed by atoms with Crippen molar-refractivity contribution in [3.05, 3.63) is 23.9 Å². The summed E-state index contributed by atoms with van der Waals surface area (Å²) in [5.74, 6) is 0. The molecule has 1 rings (SSSR count). The Balaban J connectivity index is 0.00000529. The topological polar surface area (TPSA) is 3.24 Å². The monoisotopic (exact) mass is 355 g/mol. The van der Waals surface area contributed by atoms with Crippen LogP contribution in [0.1, 0.15) is 104 Å². The molecule has 0 aliphatic carbocycles. The second kappa shape index (κ2) is 17.4. The number of nitrogens with zero attached hydrogens (tertiary/aromatic N) is 1. The average Bonchev–Trinajstić information content (AvgIpc) is 2.57. The van der Waals surface area contributed by atoms with Gasteiger partial charge in [-0.15, -0.1) is 12.4 Å². The number of hydrogen-bond donors (Lipinski definition) is 0. The molecule has 142 valence electrons. The minimum Gasteiger partial charge on any atom is -0.374 e. The molecule has 0 saturated heterocycles. The van der Waals surface area contributed by atoms with Gasteiger partial charge in [-0.25, -0.2) is 0 Å². The molecule has 0 spiro atoms. The first-order valence-electron chi connectivity index (χ1n) is 10.4. The van der Waals surface area contributed by atoms with E-state index in [9.17, 15) is 0 Å². The van der Waals surface area contributed by atoms with Crippen molar-refractivity contribution in [3.8, 4) is 0 Å². The van der Waals surface area contributed by atoms with Crippen LogP contribution in [0.3, 0.4) is 0 Å². The minimum absolute atomic E-state index is 0. The molecule has 2 heteroatoms. The first kappa shape index (κ1) is 23.6. The zero-order valence-electron chi connectivity index (χ0n) is 16.4. The maximum absolute atomic E-state index is 2.44. The summed E-state index contributed by atoms with van der Waals surface area (Å²) in [6.45, 7) is 6.82. The zero-order valence-corrected chi connectivity index (χ0v) is 17.2. The van der Waals surface area contributed by atoms with E-state index in [1.807, 2.05) is 0 Å². The average molecular weight is 356 g/mol. The fourth-order valence-corrected chi connectivity index (χ4v) is 3.29. The molecule has 0 N–H and O–H groups in total. The molecule has 0 saturated carbocycles. The summed E-state index contributed by atoms with van der Waals surface area (Å²) in [5, 5.41) is 0. The van der Waals surface area contributed by atoms with E-state index in [-0.39, 0.29) is 12.4 Å². The lowest BCUT2D eigenvalue weighted by molar-refractivity contribution is 0.390. The van der Waals surface area contributed by atoms with Crippen LogP contribution in [0.2, 0.25) is 0 Å². The second-order valence-electron chi connectivity index (χ2n) is 7.36. The normalized spacial score (nSPS) is 13.8. The fraction of sp³-hybridized carbons (Fsp3) is 0.818. The van der Waals surface area contributed by atoms with Crippen molar-refractivity contribution in [1.82, 2.24) is 4.90 Å². The molecule has 0 aromatic rings. The summed E-state index contributed by atoms with van der Waals surface area (Å²) in [4.78, 5) is 2.44. The standard InChI is InChI=1S/C22H41N.ClH/c1-3-4-5-6-7-8-9-10-11-12-13-14-15-16-19-23-20-17-22(2)18-21-23;/h17-18,20H,3-16,19,21H2,1-2H3;1H. The molecule has 1 aliphatic heterocycles. The summed E-state index contributed by atoms with van der Waals surface area (Å²) in [5.41, 5.74) is 1.40. The maximum Gasteiger partial charge on any atom is 0.0359 e. The molecular weight excluding hydrogens is 314 g/mol. The zero-order chi connectivity index (χ0) is 16.6. The van der Waals surface area contributed by atoms with Gasteiger partial charge in [0, 0.05) is 13.1 Å². The van der Waals surface area contributed by atoms with Gasteiger partial charge in [-0.05, 0) is 25.6 Å². The van der Waals surface area contributed by atoms with Crippen molar-refractivity contribution in [2.45, 2.75) is 104 Å². The van der Waals surface area contributed by atoms with Gasteiger partial charge in [0.1, 0.15) is 0 Å². The summed E-state index contributed by atoms with van der Waals surface area (Å²) in [6, 6.07) is 0. The van der Waals surface area contributed by atoms with Gasteiger partial charge in [0.05, 0.1) is 0 Å². The molecule has 0 aromatic heterocycles. The van der Waals surface area contributed by atoms with Crippen LogP contribution in [-0.4, -0.2) is 18.0 Å². The quantitative estimate of drug-likeness (QED) is 0.272. The molecule has 0 atom stereocenters. The molecular formula is C22H42ClN. The summed E-state index contributed by atoms with van der Waals surface area (Å²) in [7, 11) is 0. The molecule has 1 aliphatic rings. The predicted molar refractivity (Wildman–Crippen MR) is 112 cm³/mol. The lowest BCUT2D eigenvalue weighted by atomic mass is 10.0. The van der Waals surface area contributed by atoms with E-state index in [1.54, 1.807) is 0 Å². The Hall–Kier alpha value is -0.430. The predicted octanol–water partition coefficient (Wildman–Crippen LogP) is 7.67. The van der Waals surface area contributed by atoms with E-state index >= 15 is 0 Å². The molecule has 0 aromatic carbocycles. The van der Waals surface area contributed by atoms with Gasteiger partial charge in [0.2, 0.25) is 0 Å². The Kier molecular flexibility index (Phi) is 17.1. The van der Waals surface area contributed by atoms with Crippen molar-refractivity contribution in [1.29, 1.82) is 0 Å². The lowest BCUT2D eigenvalue weighted by Gasteiger charge is -2.21. The third-order valence-electron chi connectivity index (χ3n) is 4.99. The Morgan fingerprint density at radius 3 is 1.62 bits per heavy atom. The van der Waals surface area contributed by atoms with Gasteiger partial charge in [0.15, 0.2) is 0 Å². The highest BCUT2D eigenvalue weighted by Crippen LogP contribution is 2.13. The molecule has 24 heavy (non-hydrogen) atoms. The second-order valence-corrected chi connectivity index (χ2v) is 7.36. The van der Waals surface area contributed by atoms with Crippen LogP contribution in [0.25, 0.3) is 0 Å². The molecule has 0 fully saturated rings. The Morgan fingerprint density at radius 2 is 1.21 bits per heavy atom. The van der Waals surface area contributed by atoms with Crippen molar-refractivity contribution in [2.75, 3.05) is 13.1 Å². The third kappa shape index (κ3) is 14.0. The van der Waals surface area contributed by atoms with Gasteiger partial charge in [0.25, 0.3) is 0 Å². The molecule has 0 unspecified atom stereocenters. The van der Waals surface area contributed by atoms with Crippen LogP contribution in [0.4, 0.5) is 0 Å². The highest BCUT2D eigenvalue weighted by Gasteiger charge is 2.01. The molecule has 1 heterocycles. The van der Waals surface area contributed by atoms with E-state index in [1.165, 1.54) is 102 Å². The minimum atomic E-state index is 0. The SMILES string of the molecule is CCCCCCCCCCCCCCCCN1C=CC(C)=CC1.Cl. The van der Waals surface area contributed by atoms with Gasteiger partial charge in [-0.3, -0.25) is 0 Å². The van der Waals surface area contributed by atoms with Gasteiger partial charge in [-0.2, -0.15) is 0 Å². The van der Waals surface area contributed by atoms with Crippen LogP contribution in [0.15, 0.2) is 23.9 Å². The van der Waals surface area contributed by atoms with Gasteiger partial charge in [-0.1, -0.05) is 102 Å². The van der Waals surface area contributed by atoms with E-state index in [4.69, 9.17) is 0 Å². The van der Waals surface area contributed by atoms with Crippen molar-refractivity contribution in [3.63, 3.8) is 0 Å². The lowest BCUT2D eigenvalue weighted by Crippen LogP contribution is -2.20. The smallest absolute Gasteiger partial charge is 0.0359 e. The van der Waals surface area contributed by atoms with Crippen molar-refractivity contribution >= 4 is 12.4 Å². The van der Waals surface area contributed by atoms with E-state index in [0.717, 1.165) is 6.54 Å². The largest absolute Gasteiger partial charge is 0.374 e. The first-order chi connectivity index (χ1) is 11.3. The van der Waals surface area contributed by atoms with Crippen molar-refractivity contribution in [2.24, 2.45) is 0 Å². The number of allylic oxidation sites excluding steroid dienone is 2. The molecule has 1 nitrogen and oxygen atoms in total. The maximum atomic E-state index is 2.44. The van der Waals surface area contributed by atoms with Crippen LogP contribution in [0.5, 0.6) is 0 Å². The van der Waals surface area contributed by atoms with E-state index in [0.29, 0.717) is 0 Å². The number of rotatable bonds is 15. The Morgan fingerprint density at radius 1 is 0.750 bits per heavy atom. The highest BCUT2D eigenvalue weighted by molar-refractivity contribution is 5.85. The Bertz CT molecular complexity index is 322. The van der Waals surface area contributed by atoms with E-state index in [2.05, 4.69) is 37.1 Å². The van der Waals surface area contributed by atoms with Crippen molar-refractivity contribution < 1.29 is 0 Å². The summed E-state index contributed by atoms with van der Waals surface area (Å²) in [6.07, 6.45) is 27.0. The summed E-state index contributed by atoms with van der Waals surface area (Å²) >= 11 is 0.